The minimum atomic E-state index is -4.02. The lowest BCUT2D eigenvalue weighted by atomic mass is 10.2. The molecule has 136 valence electrons. The third-order valence-electron chi connectivity index (χ3n) is 4.95. The van der Waals surface area contributed by atoms with Crippen LogP contribution in [0.15, 0.2) is 29.2 Å². The predicted molar refractivity (Wildman–Crippen MR) is 91.4 cm³/mol. The van der Waals surface area contributed by atoms with Gasteiger partial charge in [0.1, 0.15) is 6.04 Å². The first-order valence-electron chi connectivity index (χ1n) is 8.55. The van der Waals surface area contributed by atoms with E-state index in [1.165, 1.54) is 17.0 Å². The number of carbonyl (C=O) groups is 2. The molecule has 0 saturated carbocycles. The third-order valence-corrected chi connectivity index (χ3v) is 6.80. The van der Waals surface area contributed by atoms with E-state index in [0.717, 1.165) is 23.0 Å². The maximum absolute atomic E-state index is 12.9. The Morgan fingerprint density at radius 2 is 1.76 bits per heavy atom. The lowest BCUT2D eigenvalue weighted by molar-refractivity contribution is -0.883. The number of amides is 2. The second kappa shape index (κ2) is 6.76. The van der Waals surface area contributed by atoms with E-state index < -0.39 is 22.0 Å². The SMILES string of the molecule is Cc1ccc(S(=O)(=O)N2C(=O)CC[C@H]2C(=O)N2CC[NH+](C)CC2)cc1. The second-order valence-electron chi connectivity index (χ2n) is 6.84. The fourth-order valence-corrected chi connectivity index (χ4v) is 4.93. The molecule has 0 unspecified atom stereocenters. The number of nitrogens with one attached hydrogen (secondary N) is 1. The molecular weight excluding hydrogens is 342 g/mol. The topological polar surface area (TPSA) is 79.2 Å². The van der Waals surface area contributed by atoms with Crippen LogP contribution < -0.4 is 4.90 Å². The van der Waals surface area contributed by atoms with Gasteiger partial charge in [0, 0.05) is 6.42 Å². The highest BCUT2D eigenvalue weighted by Crippen LogP contribution is 2.28. The number of likely N-dealkylation sites (N-methyl/N-ethyl adjacent to an activating group) is 1. The number of rotatable bonds is 3. The van der Waals surface area contributed by atoms with Crippen molar-refractivity contribution in [3.05, 3.63) is 29.8 Å². The third kappa shape index (κ3) is 3.41. The van der Waals surface area contributed by atoms with Crippen molar-refractivity contribution in [2.75, 3.05) is 33.2 Å². The Labute approximate surface area is 148 Å². The number of benzene rings is 1. The van der Waals surface area contributed by atoms with Crippen molar-refractivity contribution in [1.29, 1.82) is 0 Å². The van der Waals surface area contributed by atoms with E-state index in [1.54, 1.807) is 17.0 Å². The first-order chi connectivity index (χ1) is 11.8. The second-order valence-corrected chi connectivity index (χ2v) is 8.66. The molecule has 2 aliphatic rings. The van der Waals surface area contributed by atoms with Crippen LogP contribution in [0.1, 0.15) is 18.4 Å². The van der Waals surface area contributed by atoms with Gasteiger partial charge in [0.25, 0.3) is 10.0 Å². The number of sulfonamides is 1. The number of aryl methyl sites for hydroxylation is 1. The normalized spacial score (nSPS) is 22.5. The van der Waals surface area contributed by atoms with Crippen molar-refractivity contribution in [2.45, 2.75) is 30.7 Å². The number of carbonyl (C=O) groups excluding carboxylic acids is 2. The van der Waals surface area contributed by atoms with Gasteiger partial charge in [-0.1, -0.05) is 17.7 Å². The molecule has 2 amide bonds. The van der Waals surface area contributed by atoms with Gasteiger partial charge in [-0.05, 0) is 25.5 Å². The standard InChI is InChI=1S/C17H23N3O4S/c1-13-3-5-14(6-4-13)25(23,24)20-15(7-8-16(20)21)17(22)19-11-9-18(2)10-12-19/h3-6,15H,7-12H2,1-2H3/p+1/t15-/m0/s1. The Morgan fingerprint density at radius 1 is 1.16 bits per heavy atom. The molecule has 1 N–H and O–H groups in total. The molecule has 0 aromatic heterocycles. The predicted octanol–water partition coefficient (Wildman–Crippen LogP) is -0.968. The van der Waals surface area contributed by atoms with Gasteiger partial charge in [0.2, 0.25) is 11.8 Å². The van der Waals surface area contributed by atoms with E-state index in [9.17, 15) is 18.0 Å². The van der Waals surface area contributed by atoms with E-state index in [1.807, 2.05) is 6.92 Å². The van der Waals surface area contributed by atoms with Crippen molar-refractivity contribution < 1.29 is 22.9 Å². The molecule has 2 saturated heterocycles. The summed E-state index contributed by atoms with van der Waals surface area (Å²) >= 11 is 0. The van der Waals surface area contributed by atoms with Gasteiger partial charge in [-0.15, -0.1) is 0 Å². The maximum Gasteiger partial charge on any atom is 0.267 e. The highest BCUT2D eigenvalue weighted by atomic mass is 32.2. The van der Waals surface area contributed by atoms with Crippen molar-refractivity contribution >= 4 is 21.8 Å². The minimum absolute atomic E-state index is 0.0500. The first-order valence-corrected chi connectivity index (χ1v) is 9.99. The molecule has 0 spiro atoms. The zero-order chi connectivity index (χ0) is 18.2. The lowest BCUT2D eigenvalue weighted by Gasteiger charge is -2.33. The average molecular weight is 366 g/mol. The van der Waals surface area contributed by atoms with Crippen LogP contribution >= 0.6 is 0 Å². The largest absolute Gasteiger partial charge is 0.334 e. The van der Waals surface area contributed by atoms with Gasteiger partial charge in [0.15, 0.2) is 0 Å². The van der Waals surface area contributed by atoms with Gasteiger partial charge in [-0.3, -0.25) is 9.59 Å². The Hall–Kier alpha value is -1.93. The van der Waals surface area contributed by atoms with Gasteiger partial charge in [-0.25, -0.2) is 12.7 Å². The Morgan fingerprint density at radius 3 is 2.36 bits per heavy atom. The van der Waals surface area contributed by atoms with Gasteiger partial charge in [-0.2, -0.15) is 0 Å². The van der Waals surface area contributed by atoms with E-state index in [4.69, 9.17) is 0 Å². The number of quaternary nitrogens is 1. The lowest BCUT2D eigenvalue weighted by Crippen LogP contribution is -3.12. The summed E-state index contributed by atoms with van der Waals surface area (Å²) in [5.41, 5.74) is 0.930. The summed E-state index contributed by atoms with van der Waals surface area (Å²) in [6.45, 7) is 4.70. The molecule has 7 nitrogen and oxygen atoms in total. The zero-order valence-electron chi connectivity index (χ0n) is 14.6. The van der Waals surface area contributed by atoms with E-state index >= 15 is 0 Å². The molecule has 0 radical (unpaired) electrons. The molecule has 2 heterocycles. The Kier molecular flexibility index (Phi) is 4.83. The smallest absolute Gasteiger partial charge is 0.267 e. The van der Waals surface area contributed by atoms with Crippen molar-refractivity contribution in [2.24, 2.45) is 0 Å². The van der Waals surface area contributed by atoms with Crippen LogP contribution in [0.5, 0.6) is 0 Å². The molecule has 2 fully saturated rings. The molecule has 2 aliphatic heterocycles. The molecule has 3 rings (SSSR count). The Bertz CT molecular complexity index is 768. The summed E-state index contributed by atoms with van der Waals surface area (Å²) in [5, 5.41) is 0. The van der Waals surface area contributed by atoms with Gasteiger partial charge >= 0.3 is 0 Å². The monoisotopic (exact) mass is 366 g/mol. The summed E-state index contributed by atoms with van der Waals surface area (Å²) < 4.78 is 26.7. The van der Waals surface area contributed by atoms with Crippen LogP contribution in [0.4, 0.5) is 0 Å². The van der Waals surface area contributed by atoms with Gasteiger partial charge in [0.05, 0.1) is 38.1 Å². The first kappa shape index (κ1) is 17.9. The number of hydrogen-bond acceptors (Lipinski definition) is 4. The molecule has 1 aromatic rings. The molecular formula is C17H24N3O4S+. The zero-order valence-corrected chi connectivity index (χ0v) is 15.4. The van der Waals surface area contributed by atoms with Crippen LogP contribution in [-0.4, -0.2) is 68.7 Å². The maximum atomic E-state index is 12.9. The van der Waals surface area contributed by atoms with Crippen molar-refractivity contribution in [3.8, 4) is 0 Å². The van der Waals surface area contributed by atoms with Crippen LogP contribution in [0.25, 0.3) is 0 Å². The van der Waals surface area contributed by atoms with E-state index in [-0.39, 0.29) is 23.6 Å². The van der Waals surface area contributed by atoms with Crippen molar-refractivity contribution in [1.82, 2.24) is 9.21 Å². The fraction of sp³-hybridized carbons (Fsp3) is 0.529. The molecule has 1 atom stereocenters. The average Bonchev–Trinajstić information content (AvgIpc) is 2.98. The summed E-state index contributed by atoms with van der Waals surface area (Å²) in [7, 11) is -1.95. The molecule has 0 bridgehead atoms. The highest BCUT2D eigenvalue weighted by molar-refractivity contribution is 7.89. The quantitative estimate of drug-likeness (QED) is 0.747. The number of piperazine rings is 1. The number of nitrogens with zero attached hydrogens (tertiary/aromatic N) is 2. The fourth-order valence-electron chi connectivity index (χ4n) is 3.33. The van der Waals surface area contributed by atoms with Crippen molar-refractivity contribution in [3.63, 3.8) is 0 Å². The number of hydrogen-bond donors (Lipinski definition) is 1. The molecule has 0 aliphatic carbocycles. The van der Waals surface area contributed by atoms with E-state index in [0.29, 0.717) is 13.1 Å². The summed E-state index contributed by atoms with van der Waals surface area (Å²) in [5.74, 6) is -0.757. The highest BCUT2D eigenvalue weighted by Gasteiger charge is 2.45. The summed E-state index contributed by atoms with van der Waals surface area (Å²) in [6, 6.07) is 5.42. The summed E-state index contributed by atoms with van der Waals surface area (Å²) in [6.07, 6.45) is 0.336. The summed E-state index contributed by atoms with van der Waals surface area (Å²) in [4.78, 5) is 28.2. The minimum Gasteiger partial charge on any atom is -0.334 e. The molecule has 1 aromatic carbocycles. The van der Waals surface area contributed by atoms with E-state index in [2.05, 4.69) is 7.05 Å². The van der Waals surface area contributed by atoms with Crippen LogP contribution in [0, 0.1) is 6.92 Å². The van der Waals surface area contributed by atoms with Gasteiger partial charge < -0.3 is 9.80 Å². The molecule has 25 heavy (non-hydrogen) atoms. The van der Waals surface area contributed by atoms with Crippen LogP contribution in [-0.2, 0) is 19.6 Å². The Balaban J connectivity index is 1.86. The molecule has 8 heteroatoms. The van der Waals surface area contributed by atoms with Crippen LogP contribution in [0.3, 0.4) is 0 Å². The van der Waals surface area contributed by atoms with Crippen LogP contribution in [0.2, 0.25) is 0 Å².